The van der Waals surface area contributed by atoms with E-state index in [0.29, 0.717) is 0 Å². The van der Waals surface area contributed by atoms with E-state index >= 15 is 0 Å². The summed E-state index contributed by atoms with van der Waals surface area (Å²) in [5.41, 5.74) is 18.8. The van der Waals surface area contributed by atoms with E-state index in [1.165, 1.54) is 33.2 Å². The zero-order chi connectivity index (χ0) is 66.3. The van der Waals surface area contributed by atoms with Gasteiger partial charge in [0.15, 0.2) is 11.5 Å². The molecule has 0 bridgehead atoms. The molecule has 488 valence electrons. The maximum Gasteiger partial charge on any atom is 0.191 e. The Balaban J connectivity index is 0.000000278. The second kappa shape index (κ2) is 32.0. The Bertz CT molecular complexity index is 3910. The number of pyridine rings is 1. The van der Waals surface area contributed by atoms with E-state index in [0.717, 1.165) is 67.8 Å². The summed E-state index contributed by atoms with van der Waals surface area (Å²) in [6.45, 7) is 55.5. The maximum absolute atomic E-state index is 5.08. The number of dihydropyridines is 1. The standard InChI is InChI=1S/C15H18N2.C13H15N.C11H14N2.C10H13N3.C10H15N.C9H14N2.C8H13NO.2CH4/c1-11-14(15(2,3)4)17-13(10-16-11)12-8-6-5-7-9-12;1-13(2,3)11-8-4-6-10-7-5-9-14-12(10)11;1-11(2,3)8-5-4-6-9-10(8)13-7-12-9;1-10(2,3)8-7-12-13-6-4-5-11-9(8)13;1-8-9(10(2,3)4)6-5-7-11-8;1-7-8(9(2,3)4)5-6-10-11-7;1-6-9-7(5-10-6)8(2,3)4;;/h5-10H,1-4H3;4-9H,1-3H3;4-7H,1-3H3,(H,12,13);4-7H,1-3H3;5-7,11H,1H2,2-4H3;5-6H,1-4H3;5H,1-4H3;2*1H4. The average molecular weight is 1230 g/mol. The van der Waals surface area contributed by atoms with Crippen molar-refractivity contribution in [3.8, 4) is 11.3 Å². The van der Waals surface area contributed by atoms with Crippen LogP contribution < -0.4 is 5.32 Å². The SMILES string of the molecule is C.C.C=C1NC=CC=C1C(C)(C)C.CC(C)(C)c1cccc2[nH]cnc12.CC(C)(C)c1cccc2cccnc12.CC(C)(C)c1cnn2cccnc12.Cc1nc(C(C)(C)C)co1.Cc1ncc(-c2ccccc2)nc1C(C)(C)C.Cc1nnccc1C(C)(C)C. The van der Waals surface area contributed by atoms with E-state index in [4.69, 9.17) is 9.40 Å². The Morgan fingerprint density at radius 2 is 1.10 bits per heavy atom. The van der Waals surface area contributed by atoms with Gasteiger partial charge < -0.3 is 14.7 Å². The molecule has 0 amide bonds. The molecule has 3 aromatic carbocycles. The first-order valence-electron chi connectivity index (χ1n) is 30.8. The highest BCUT2D eigenvalue weighted by atomic mass is 16.3. The van der Waals surface area contributed by atoms with Crippen LogP contribution in [0.3, 0.4) is 0 Å². The lowest BCUT2D eigenvalue weighted by molar-refractivity contribution is 0.504. The van der Waals surface area contributed by atoms with Crippen LogP contribution in [0.15, 0.2) is 181 Å². The summed E-state index contributed by atoms with van der Waals surface area (Å²) in [7, 11) is 0. The summed E-state index contributed by atoms with van der Waals surface area (Å²) >= 11 is 0. The zero-order valence-electron chi connectivity index (χ0n) is 58.1. The number of benzene rings is 3. The lowest BCUT2D eigenvalue weighted by atomic mass is 9.84. The fourth-order valence-corrected chi connectivity index (χ4v) is 9.62. The molecule has 0 saturated carbocycles. The number of para-hydroxylation sites is 2. The van der Waals surface area contributed by atoms with Crippen LogP contribution in [0.5, 0.6) is 0 Å². The second-order valence-electron chi connectivity index (χ2n) is 29.6. The third-order valence-corrected chi connectivity index (χ3v) is 14.4. The van der Waals surface area contributed by atoms with Crippen LogP contribution in [0, 0.1) is 26.2 Å². The number of rotatable bonds is 1. The second-order valence-corrected chi connectivity index (χ2v) is 29.6. The molecule has 0 spiro atoms. The number of hydrogen-bond acceptors (Lipinski definition) is 11. The number of nitrogens with one attached hydrogen (secondary N) is 2. The van der Waals surface area contributed by atoms with Crippen LogP contribution in [0.1, 0.15) is 211 Å². The summed E-state index contributed by atoms with van der Waals surface area (Å²) in [6.07, 6.45) is 20.5. The van der Waals surface area contributed by atoms with Gasteiger partial charge in [-0.25, -0.2) is 24.5 Å². The van der Waals surface area contributed by atoms with Gasteiger partial charge in [-0.15, -0.1) is 0 Å². The topological polar surface area (TPSA) is 161 Å². The van der Waals surface area contributed by atoms with E-state index in [1.54, 1.807) is 29.5 Å². The van der Waals surface area contributed by atoms with Crippen molar-refractivity contribution in [3.05, 3.63) is 228 Å². The summed E-state index contributed by atoms with van der Waals surface area (Å²) in [6, 6.07) is 30.8. The summed E-state index contributed by atoms with van der Waals surface area (Å²) in [5, 5.41) is 16.4. The van der Waals surface area contributed by atoms with Crippen molar-refractivity contribution >= 4 is 27.6 Å². The molecule has 2 N–H and O–H groups in total. The quantitative estimate of drug-likeness (QED) is 0.161. The molecule has 1 aliphatic rings. The molecule has 7 aromatic heterocycles. The largest absolute Gasteiger partial charge is 0.449 e. The van der Waals surface area contributed by atoms with Crippen LogP contribution in [0.4, 0.5) is 0 Å². The van der Waals surface area contributed by atoms with Crippen molar-refractivity contribution in [3.63, 3.8) is 0 Å². The van der Waals surface area contributed by atoms with Crippen LogP contribution >= 0.6 is 0 Å². The molecule has 1 aliphatic heterocycles. The smallest absolute Gasteiger partial charge is 0.191 e. The van der Waals surface area contributed by atoms with Crippen LogP contribution in [0.2, 0.25) is 0 Å². The molecule has 0 atom stereocenters. The van der Waals surface area contributed by atoms with Crippen molar-refractivity contribution in [1.29, 1.82) is 0 Å². The van der Waals surface area contributed by atoms with E-state index in [2.05, 4.69) is 263 Å². The molecule has 0 fully saturated rings. The number of aromatic amines is 1. The molecule has 10 aromatic rings. The highest BCUT2D eigenvalue weighted by Gasteiger charge is 2.23. The van der Waals surface area contributed by atoms with E-state index in [1.807, 2.05) is 94.2 Å². The molecule has 0 aliphatic carbocycles. The third-order valence-electron chi connectivity index (χ3n) is 14.4. The van der Waals surface area contributed by atoms with E-state index < -0.39 is 0 Å². The molecule has 13 nitrogen and oxygen atoms in total. The van der Waals surface area contributed by atoms with Crippen molar-refractivity contribution in [2.24, 2.45) is 5.41 Å². The lowest BCUT2D eigenvalue weighted by Crippen LogP contribution is -2.19. The van der Waals surface area contributed by atoms with Crippen molar-refractivity contribution in [1.82, 2.24) is 60.0 Å². The minimum absolute atomic E-state index is 0. The molecule has 91 heavy (non-hydrogen) atoms. The predicted molar refractivity (Wildman–Crippen MR) is 386 cm³/mol. The Morgan fingerprint density at radius 1 is 0.505 bits per heavy atom. The number of allylic oxidation sites excluding steroid dienone is 3. The third kappa shape index (κ3) is 22.8. The van der Waals surface area contributed by atoms with Crippen molar-refractivity contribution in [2.75, 3.05) is 0 Å². The molecular formula is C78H110N12O. The molecule has 0 saturated heterocycles. The van der Waals surface area contributed by atoms with Gasteiger partial charge in [0.25, 0.3) is 0 Å². The molecule has 8 heterocycles. The number of H-pyrrole nitrogens is 1. The first-order chi connectivity index (χ1) is 41.3. The number of oxazole rings is 1. The van der Waals surface area contributed by atoms with Gasteiger partial charge in [-0.05, 0) is 93.5 Å². The maximum atomic E-state index is 5.08. The number of nitrogens with zero attached hydrogens (tertiary/aromatic N) is 10. The minimum atomic E-state index is 0. The highest BCUT2D eigenvalue weighted by molar-refractivity contribution is 5.82. The Morgan fingerprint density at radius 3 is 1.62 bits per heavy atom. The van der Waals surface area contributed by atoms with Crippen molar-refractivity contribution < 1.29 is 4.42 Å². The normalized spacial score (nSPS) is 12.4. The fraction of sp³-hybridized carbons (Fsp3) is 0.423. The van der Waals surface area contributed by atoms with Gasteiger partial charge in [0.05, 0.1) is 63.7 Å². The predicted octanol–water partition coefficient (Wildman–Crippen LogP) is 20.4. The van der Waals surface area contributed by atoms with Crippen molar-refractivity contribution in [2.45, 2.75) is 214 Å². The molecule has 11 rings (SSSR count). The van der Waals surface area contributed by atoms with Gasteiger partial charge in [0.1, 0.15) is 6.26 Å². The zero-order valence-corrected chi connectivity index (χ0v) is 58.1. The van der Waals surface area contributed by atoms with Gasteiger partial charge in [0, 0.05) is 71.0 Å². The average Bonchev–Trinajstić information content (AvgIpc) is 1.82. The van der Waals surface area contributed by atoms with Gasteiger partial charge in [-0.3, -0.25) is 9.97 Å². The Labute approximate surface area is 547 Å². The lowest BCUT2D eigenvalue weighted by Gasteiger charge is -2.26. The summed E-state index contributed by atoms with van der Waals surface area (Å²) in [5.74, 6) is 0.741. The Kier molecular flexibility index (Phi) is 27.0. The number of aryl methyl sites for hydroxylation is 3. The minimum Gasteiger partial charge on any atom is -0.449 e. The van der Waals surface area contributed by atoms with E-state index in [-0.39, 0.29) is 52.8 Å². The monoisotopic (exact) mass is 1230 g/mol. The molecule has 0 radical (unpaired) electrons. The first kappa shape index (κ1) is 76.8. The summed E-state index contributed by atoms with van der Waals surface area (Å²) in [4.78, 5) is 29.6. The van der Waals surface area contributed by atoms with Crippen LogP contribution in [-0.4, -0.2) is 54.7 Å². The first-order valence-corrected chi connectivity index (χ1v) is 30.8. The number of aromatic nitrogens is 11. The Hall–Kier alpha value is -8.45. The van der Waals surface area contributed by atoms with Crippen LogP contribution in [0.25, 0.3) is 38.8 Å². The van der Waals surface area contributed by atoms with Gasteiger partial charge in [-0.1, -0.05) is 240 Å². The van der Waals surface area contributed by atoms with Crippen LogP contribution in [-0.2, 0) is 32.5 Å². The van der Waals surface area contributed by atoms with Gasteiger partial charge in [0.2, 0.25) is 0 Å². The highest BCUT2D eigenvalue weighted by Crippen LogP contribution is 2.32. The fourth-order valence-electron chi connectivity index (χ4n) is 9.62. The number of fused-ring (bicyclic) bond motifs is 3. The molecule has 0 unspecified atom stereocenters. The summed E-state index contributed by atoms with van der Waals surface area (Å²) < 4.78 is 6.89. The van der Waals surface area contributed by atoms with Gasteiger partial charge in [-0.2, -0.15) is 15.3 Å². The molecule has 13 heteroatoms. The van der Waals surface area contributed by atoms with Gasteiger partial charge >= 0.3 is 0 Å². The number of hydrogen-bond donors (Lipinski definition) is 2. The number of imidazole rings is 1. The van der Waals surface area contributed by atoms with E-state index in [9.17, 15) is 0 Å². The molecular weight excluding hydrogens is 1120 g/mol.